The third kappa shape index (κ3) is 3.34. The van der Waals surface area contributed by atoms with Crippen LogP contribution in [0.1, 0.15) is 11.3 Å². The van der Waals surface area contributed by atoms with E-state index in [1.165, 1.54) is 0 Å². The van der Waals surface area contributed by atoms with Crippen LogP contribution in [0.4, 0.5) is 0 Å². The van der Waals surface area contributed by atoms with Gasteiger partial charge >= 0.3 is 0 Å². The molecule has 0 saturated carbocycles. The minimum atomic E-state index is 0.266. The molecule has 2 aromatic heterocycles. The predicted octanol–water partition coefficient (Wildman–Crippen LogP) is 4.02. The van der Waals surface area contributed by atoms with Crippen molar-refractivity contribution in [3.8, 4) is 17.1 Å². The Hall–Kier alpha value is -2.94. The number of aromatic hydroxyl groups is 1. The Morgan fingerprint density at radius 2 is 1.57 bits per heavy atom. The summed E-state index contributed by atoms with van der Waals surface area (Å²) in [5.74, 6) is 0.266. The molecule has 2 heterocycles. The quantitative estimate of drug-likeness (QED) is 0.784. The minimum Gasteiger partial charge on any atom is -0.508 e. The van der Waals surface area contributed by atoms with Crippen LogP contribution < -0.4 is 0 Å². The first kappa shape index (κ1) is 13.1. The molecule has 0 amide bonds. The van der Waals surface area contributed by atoms with E-state index in [2.05, 4.69) is 9.97 Å². The summed E-state index contributed by atoms with van der Waals surface area (Å²) in [7, 11) is 0. The average molecular weight is 274 g/mol. The highest BCUT2D eigenvalue weighted by atomic mass is 16.3. The zero-order valence-corrected chi connectivity index (χ0v) is 11.3. The third-order valence-corrected chi connectivity index (χ3v) is 3.04. The highest BCUT2D eigenvalue weighted by Gasteiger charge is 1.99. The van der Waals surface area contributed by atoms with Crippen LogP contribution in [-0.4, -0.2) is 15.1 Å². The Morgan fingerprint density at radius 3 is 2.33 bits per heavy atom. The zero-order chi connectivity index (χ0) is 14.5. The van der Waals surface area contributed by atoms with Crippen molar-refractivity contribution >= 4 is 12.2 Å². The maximum absolute atomic E-state index is 9.26. The zero-order valence-electron chi connectivity index (χ0n) is 11.3. The molecule has 0 aliphatic rings. The fourth-order valence-electron chi connectivity index (χ4n) is 1.97. The first-order valence-electron chi connectivity index (χ1n) is 6.67. The third-order valence-electron chi connectivity index (χ3n) is 3.04. The molecule has 0 bridgehead atoms. The number of hydrogen-bond donors (Lipinski definition) is 1. The van der Waals surface area contributed by atoms with Gasteiger partial charge in [-0.3, -0.25) is 4.98 Å². The number of phenolic OH excluding ortho intramolecular Hbond substituents is 1. The van der Waals surface area contributed by atoms with Crippen molar-refractivity contribution in [3.63, 3.8) is 0 Å². The Kier molecular flexibility index (Phi) is 3.74. The molecule has 0 aliphatic heterocycles. The summed E-state index contributed by atoms with van der Waals surface area (Å²) in [6.07, 6.45) is 5.67. The second-order valence-electron chi connectivity index (χ2n) is 4.59. The first-order chi connectivity index (χ1) is 10.3. The molecule has 1 aromatic carbocycles. The Balaban J connectivity index is 1.85. The van der Waals surface area contributed by atoms with Crippen LogP contribution in [0.2, 0.25) is 0 Å². The lowest BCUT2D eigenvalue weighted by atomic mass is 10.2. The molecule has 3 rings (SSSR count). The molecule has 0 spiro atoms. The Labute approximate surface area is 123 Å². The van der Waals surface area contributed by atoms with Gasteiger partial charge in [0.15, 0.2) is 0 Å². The van der Waals surface area contributed by atoms with Crippen molar-refractivity contribution < 1.29 is 5.11 Å². The number of nitrogens with zero attached hydrogens (tertiary/aromatic N) is 2. The van der Waals surface area contributed by atoms with Gasteiger partial charge in [-0.15, -0.1) is 0 Å². The SMILES string of the molecule is Oc1ccc(C=Cc2cccc(-c3ccccn3)n2)cc1. The minimum absolute atomic E-state index is 0.266. The van der Waals surface area contributed by atoms with Crippen molar-refractivity contribution in [2.45, 2.75) is 0 Å². The number of pyridine rings is 2. The fraction of sp³-hybridized carbons (Fsp3) is 0. The van der Waals surface area contributed by atoms with Crippen LogP contribution >= 0.6 is 0 Å². The average Bonchev–Trinajstić information content (AvgIpc) is 2.55. The lowest BCUT2D eigenvalue weighted by Gasteiger charge is -2.01. The summed E-state index contributed by atoms with van der Waals surface area (Å²) < 4.78 is 0. The number of benzene rings is 1. The molecule has 3 heteroatoms. The van der Waals surface area contributed by atoms with Crippen LogP contribution in [0.15, 0.2) is 66.9 Å². The number of aromatic nitrogens is 2. The van der Waals surface area contributed by atoms with Crippen LogP contribution in [0.25, 0.3) is 23.5 Å². The largest absolute Gasteiger partial charge is 0.508 e. The van der Waals surface area contributed by atoms with Gasteiger partial charge in [0, 0.05) is 6.20 Å². The van der Waals surface area contributed by atoms with Gasteiger partial charge in [0.2, 0.25) is 0 Å². The van der Waals surface area contributed by atoms with Gasteiger partial charge in [0.25, 0.3) is 0 Å². The van der Waals surface area contributed by atoms with Gasteiger partial charge in [0.05, 0.1) is 17.1 Å². The lowest BCUT2D eigenvalue weighted by molar-refractivity contribution is 0.475. The molecule has 1 N–H and O–H groups in total. The number of hydrogen-bond acceptors (Lipinski definition) is 3. The molecule has 0 radical (unpaired) electrons. The molecular formula is C18H14N2O. The van der Waals surface area contributed by atoms with E-state index in [0.717, 1.165) is 22.6 Å². The summed E-state index contributed by atoms with van der Waals surface area (Å²) in [6.45, 7) is 0. The van der Waals surface area contributed by atoms with Gasteiger partial charge in [-0.1, -0.05) is 30.3 Å². The smallest absolute Gasteiger partial charge is 0.115 e. The summed E-state index contributed by atoms with van der Waals surface area (Å²) >= 11 is 0. The molecule has 0 atom stereocenters. The summed E-state index contributed by atoms with van der Waals surface area (Å²) in [5, 5.41) is 9.26. The second-order valence-corrected chi connectivity index (χ2v) is 4.59. The van der Waals surface area contributed by atoms with E-state index in [0.29, 0.717) is 0 Å². The molecule has 0 fully saturated rings. The van der Waals surface area contributed by atoms with Crippen molar-refractivity contribution in [2.24, 2.45) is 0 Å². The van der Waals surface area contributed by atoms with E-state index in [1.54, 1.807) is 18.3 Å². The fourth-order valence-corrected chi connectivity index (χ4v) is 1.97. The maximum atomic E-state index is 9.26. The van der Waals surface area contributed by atoms with E-state index in [4.69, 9.17) is 0 Å². The highest BCUT2D eigenvalue weighted by molar-refractivity contribution is 5.69. The van der Waals surface area contributed by atoms with E-state index in [-0.39, 0.29) is 5.75 Å². The number of rotatable bonds is 3. The summed E-state index contributed by atoms with van der Waals surface area (Å²) in [6, 6.07) is 18.7. The molecule has 0 unspecified atom stereocenters. The van der Waals surface area contributed by atoms with Crippen LogP contribution in [-0.2, 0) is 0 Å². The van der Waals surface area contributed by atoms with E-state index in [9.17, 15) is 5.11 Å². The standard InChI is InChI=1S/C18H14N2O/c21-16-11-8-14(9-12-16)7-10-15-4-3-6-18(20-15)17-5-1-2-13-19-17/h1-13,21H. The van der Waals surface area contributed by atoms with Crippen LogP contribution in [0.3, 0.4) is 0 Å². The van der Waals surface area contributed by atoms with Crippen molar-refractivity contribution in [3.05, 3.63) is 78.1 Å². The monoisotopic (exact) mass is 274 g/mol. The highest BCUT2D eigenvalue weighted by Crippen LogP contribution is 2.16. The van der Waals surface area contributed by atoms with Gasteiger partial charge in [0.1, 0.15) is 5.75 Å². The summed E-state index contributed by atoms with van der Waals surface area (Å²) in [4.78, 5) is 8.88. The van der Waals surface area contributed by atoms with E-state index >= 15 is 0 Å². The molecular weight excluding hydrogens is 260 g/mol. The van der Waals surface area contributed by atoms with Gasteiger partial charge in [-0.25, -0.2) is 4.98 Å². The van der Waals surface area contributed by atoms with Gasteiger partial charge in [-0.05, 0) is 48.0 Å². The van der Waals surface area contributed by atoms with Crippen molar-refractivity contribution in [1.82, 2.24) is 9.97 Å². The van der Waals surface area contributed by atoms with Crippen molar-refractivity contribution in [2.75, 3.05) is 0 Å². The predicted molar refractivity (Wildman–Crippen MR) is 84.5 cm³/mol. The van der Waals surface area contributed by atoms with E-state index < -0.39 is 0 Å². The summed E-state index contributed by atoms with van der Waals surface area (Å²) in [5.41, 5.74) is 3.59. The molecule has 102 valence electrons. The first-order valence-corrected chi connectivity index (χ1v) is 6.67. The number of phenols is 1. The molecule has 0 aliphatic carbocycles. The molecule has 3 nitrogen and oxygen atoms in total. The second kappa shape index (κ2) is 6.01. The van der Waals surface area contributed by atoms with Crippen LogP contribution in [0.5, 0.6) is 5.75 Å². The van der Waals surface area contributed by atoms with Gasteiger partial charge < -0.3 is 5.11 Å². The molecule has 0 saturated heterocycles. The lowest BCUT2D eigenvalue weighted by Crippen LogP contribution is -1.88. The Morgan fingerprint density at radius 1 is 0.762 bits per heavy atom. The molecule has 21 heavy (non-hydrogen) atoms. The van der Waals surface area contributed by atoms with Gasteiger partial charge in [-0.2, -0.15) is 0 Å². The topological polar surface area (TPSA) is 46.0 Å². The normalized spacial score (nSPS) is 10.9. The van der Waals surface area contributed by atoms with E-state index in [1.807, 2.05) is 60.7 Å². The Bertz CT molecular complexity index is 750. The molecule has 3 aromatic rings. The van der Waals surface area contributed by atoms with Crippen LogP contribution in [0, 0.1) is 0 Å². The van der Waals surface area contributed by atoms with Crippen molar-refractivity contribution in [1.29, 1.82) is 0 Å². The maximum Gasteiger partial charge on any atom is 0.115 e.